The van der Waals surface area contributed by atoms with Gasteiger partial charge in [-0.1, -0.05) is 24.1 Å². The second-order valence-electron chi connectivity index (χ2n) is 6.31. The quantitative estimate of drug-likeness (QED) is 0.835. The number of fused-ring (bicyclic) bond motifs is 1. The molecule has 0 bridgehead atoms. The Kier molecular flexibility index (Phi) is 4.81. The highest BCUT2D eigenvalue weighted by Gasteiger charge is 2.29. The van der Waals surface area contributed by atoms with Crippen LogP contribution < -0.4 is 5.32 Å². The lowest BCUT2D eigenvalue weighted by Crippen LogP contribution is -2.31. The molecule has 21 heavy (non-hydrogen) atoms. The fourth-order valence-corrected chi connectivity index (χ4v) is 3.83. The van der Waals surface area contributed by atoms with Crippen molar-refractivity contribution in [2.24, 2.45) is 5.92 Å². The Bertz CT molecular complexity index is 481. The predicted octanol–water partition coefficient (Wildman–Crippen LogP) is 3.08. The molecule has 2 fully saturated rings. The van der Waals surface area contributed by atoms with Gasteiger partial charge in [0.15, 0.2) is 0 Å². The topological polar surface area (TPSA) is 41.5 Å². The van der Waals surface area contributed by atoms with Crippen LogP contribution in [-0.4, -0.2) is 31.4 Å². The first-order valence-corrected chi connectivity index (χ1v) is 8.42. The second-order valence-corrected chi connectivity index (χ2v) is 6.31. The number of aliphatic hydroxyl groups is 1. The van der Waals surface area contributed by atoms with Crippen molar-refractivity contribution in [1.82, 2.24) is 5.32 Å². The van der Waals surface area contributed by atoms with Gasteiger partial charge in [-0.25, -0.2) is 0 Å². The van der Waals surface area contributed by atoms with Crippen molar-refractivity contribution in [2.45, 2.75) is 45.4 Å². The van der Waals surface area contributed by atoms with E-state index in [1.165, 1.54) is 40.9 Å². The van der Waals surface area contributed by atoms with Gasteiger partial charge in [-0.05, 0) is 49.8 Å². The minimum Gasteiger partial charge on any atom is -0.493 e. The molecule has 0 amide bonds. The summed E-state index contributed by atoms with van der Waals surface area (Å²) in [6.45, 7) is 5.50. The molecule has 2 heterocycles. The summed E-state index contributed by atoms with van der Waals surface area (Å²) in [7, 11) is 0. The van der Waals surface area contributed by atoms with Crippen LogP contribution in [0, 0.1) is 5.92 Å². The fourth-order valence-electron chi connectivity index (χ4n) is 3.83. The van der Waals surface area contributed by atoms with Crippen molar-refractivity contribution in [3.05, 3.63) is 34.1 Å². The fraction of sp³-hybridized carbons (Fsp3) is 0.667. The zero-order valence-electron chi connectivity index (χ0n) is 13.1. The number of nitrogens with one attached hydrogen (secondary N) is 1. The lowest BCUT2D eigenvalue weighted by Gasteiger charge is -2.25. The van der Waals surface area contributed by atoms with Crippen LogP contribution in [0.4, 0.5) is 0 Å². The standard InChI is InChI=1S/C18H27NO2/c1-2-14-10-13(5-8-20)11-17(15-4-3-7-19-12-15)18-16(14)6-9-21-18/h11,15,19-20H,2-10,12H2,1H3. The third-order valence-corrected chi connectivity index (χ3v) is 4.96. The van der Waals surface area contributed by atoms with Crippen molar-refractivity contribution in [2.75, 3.05) is 26.3 Å². The van der Waals surface area contributed by atoms with E-state index in [1.807, 2.05) is 0 Å². The van der Waals surface area contributed by atoms with Crippen molar-refractivity contribution in [3.8, 4) is 0 Å². The molecule has 0 radical (unpaired) electrons. The third kappa shape index (κ3) is 3.09. The molecule has 0 saturated carbocycles. The van der Waals surface area contributed by atoms with Crippen molar-refractivity contribution in [3.63, 3.8) is 0 Å². The largest absolute Gasteiger partial charge is 0.493 e. The minimum absolute atomic E-state index is 0.241. The number of hydrogen-bond donors (Lipinski definition) is 2. The minimum atomic E-state index is 0.241. The third-order valence-electron chi connectivity index (χ3n) is 4.96. The van der Waals surface area contributed by atoms with E-state index in [0.717, 1.165) is 45.4 Å². The Morgan fingerprint density at radius 3 is 3.05 bits per heavy atom. The van der Waals surface area contributed by atoms with Gasteiger partial charge >= 0.3 is 0 Å². The summed E-state index contributed by atoms with van der Waals surface area (Å²) in [5.74, 6) is 1.74. The highest BCUT2D eigenvalue weighted by molar-refractivity contribution is 5.47. The highest BCUT2D eigenvalue weighted by Crippen LogP contribution is 2.40. The average molecular weight is 289 g/mol. The van der Waals surface area contributed by atoms with E-state index in [1.54, 1.807) is 0 Å². The molecule has 1 aliphatic carbocycles. The van der Waals surface area contributed by atoms with Crippen LogP contribution in [0.3, 0.4) is 0 Å². The maximum atomic E-state index is 9.35. The lowest BCUT2D eigenvalue weighted by molar-refractivity contribution is 0.257. The number of rotatable bonds is 4. The maximum Gasteiger partial charge on any atom is 0.126 e. The van der Waals surface area contributed by atoms with E-state index in [9.17, 15) is 5.11 Å². The van der Waals surface area contributed by atoms with E-state index in [4.69, 9.17) is 4.74 Å². The summed E-state index contributed by atoms with van der Waals surface area (Å²) >= 11 is 0. The van der Waals surface area contributed by atoms with Crippen LogP contribution in [0.15, 0.2) is 34.1 Å². The number of allylic oxidation sites excluding steroid dienone is 3. The normalized spacial score (nSPS) is 26.4. The van der Waals surface area contributed by atoms with E-state index in [-0.39, 0.29) is 6.61 Å². The number of piperidine rings is 1. The zero-order chi connectivity index (χ0) is 14.7. The van der Waals surface area contributed by atoms with Crippen molar-refractivity contribution < 1.29 is 9.84 Å². The molecule has 3 aliphatic rings. The number of aliphatic hydroxyl groups excluding tert-OH is 1. The molecule has 3 heteroatoms. The maximum absolute atomic E-state index is 9.35. The molecule has 116 valence electrons. The molecule has 0 spiro atoms. The van der Waals surface area contributed by atoms with Gasteiger partial charge in [0, 0.05) is 25.5 Å². The molecule has 0 aromatic heterocycles. The Morgan fingerprint density at radius 1 is 1.43 bits per heavy atom. The van der Waals surface area contributed by atoms with Gasteiger partial charge in [0.25, 0.3) is 0 Å². The summed E-state index contributed by atoms with van der Waals surface area (Å²) < 4.78 is 6.05. The van der Waals surface area contributed by atoms with Crippen LogP contribution in [-0.2, 0) is 4.74 Å². The zero-order valence-corrected chi connectivity index (χ0v) is 13.1. The lowest BCUT2D eigenvalue weighted by atomic mass is 9.88. The summed E-state index contributed by atoms with van der Waals surface area (Å²) in [5.41, 5.74) is 5.73. The smallest absolute Gasteiger partial charge is 0.126 e. The average Bonchev–Trinajstić information content (AvgIpc) is 2.94. The molecular formula is C18H27NO2. The first-order valence-electron chi connectivity index (χ1n) is 8.42. The predicted molar refractivity (Wildman–Crippen MR) is 84.9 cm³/mol. The van der Waals surface area contributed by atoms with E-state index >= 15 is 0 Å². The van der Waals surface area contributed by atoms with Crippen LogP contribution in [0.5, 0.6) is 0 Å². The number of hydrogen-bond acceptors (Lipinski definition) is 3. The van der Waals surface area contributed by atoms with E-state index < -0.39 is 0 Å². The molecule has 3 rings (SSSR count). The molecule has 3 nitrogen and oxygen atoms in total. The van der Waals surface area contributed by atoms with Crippen LogP contribution >= 0.6 is 0 Å². The summed E-state index contributed by atoms with van der Waals surface area (Å²) in [4.78, 5) is 0. The molecule has 2 saturated heterocycles. The van der Waals surface area contributed by atoms with Crippen LogP contribution in [0.2, 0.25) is 0 Å². The van der Waals surface area contributed by atoms with Crippen molar-refractivity contribution >= 4 is 0 Å². The first-order chi connectivity index (χ1) is 10.3. The second kappa shape index (κ2) is 6.80. The van der Waals surface area contributed by atoms with Gasteiger partial charge in [-0.2, -0.15) is 0 Å². The van der Waals surface area contributed by atoms with Gasteiger partial charge in [0.1, 0.15) is 5.76 Å². The van der Waals surface area contributed by atoms with Gasteiger partial charge < -0.3 is 15.2 Å². The van der Waals surface area contributed by atoms with Crippen LogP contribution in [0.25, 0.3) is 0 Å². The molecule has 0 aromatic rings. The Hall–Kier alpha value is -1.06. The summed E-state index contributed by atoms with van der Waals surface area (Å²) in [6, 6.07) is 0. The first kappa shape index (κ1) is 14.9. The van der Waals surface area contributed by atoms with Gasteiger partial charge in [-0.3, -0.25) is 0 Å². The molecule has 1 atom stereocenters. The van der Waals surface area contributed by atoms with E-state index in [2.05, 4.69) is 18.3 Å². The number of ether oxygens (including phenoxy) is 1. The Morgan fingerprint density at radius 2 is 2.33 bits per heavy atom. The van der Waals surface area contributed by atoms with Crippen molar-refractivity contribution in [1.29, 1.82) is 0 Å². The highest BCUT2D eigenvalue weighted by atomic mass is 16.5. The molecule has 0 aromatic carbocycles. The Labute approximate surface area is 127 Å². The molecular weight excluding hydrogens is 262 g/mol. The Balaban J connectivity index is 2.01. The SMILES string of the molecule is CCC1=C2CCOC2=C(C2CCCNC2)C=C(CCO)C1. The molecule has 2 N–H and O–H groups in total. The monoisotopic (exact) mass is 289 g/mol. The van der Waals surface area contributed by atoms with E-state index in [0.29, 0.717) is 5.92 Å². The van der Waals surface area contributed by atoms with Crippen LogP contribution in [0.1, 0.15) is 45.4 Å². The molecule has 2 aliphatic heterocycles. The summed E-state index contributed by atoms with van der Waals surface area (Å²) in [6.07, 6.45) is 8.77. The van der Waals surface area contributed by atoms with Gasteiger partial charge in [-0.15, -0.1) is 0 Å². The molecule has 1 unspecified atom stereocenters. The summed E-state index contributed by atoms with van der Waals surface area (Å²) in [5, 5.41) is 12.9. The van der Waals surface area contributed by atoms with Gasteiger partial charge in [0.05, 0.1) is 6.61 Å². The van der Waals surface area contributed by atoms with Gasteiger partial charge in [0.2, 0.25) is 0 Å².